The summed E-state index contributed by atoms with van der Waals surface area (Å²) in [4.78, 5) is 0. The van der Waals surface area contributed by atoms with Crippen molar-refractivity contribution in [3.63, 3.8) is 0 Å². The molecule has 0 saturated carbocycles. The minimum absolute atomic E-state index is 0. The van der Waals surface area contributed by atoms with E-state index >= 15 is 0 Å². The van der Waals surface area contributed by atoms with Crippen molar-refractivity contribution in [3.05, 3.63) is 5.73 Å². The van der Waals surface area contributed by atoms with Gasteiger partial charge >= 0.3 is 0 Å². The molecule has 0 bridgehead atoms. The maximum atomic E-state index is 8.90. The average Bonchev–Trinajstić information content (AvgIpc) is 1.30. The van der Waals surface area contributed by atoms with Gasteiger partial charge in [0.15, 0.2) is 0 Å². The predicted molar refractivity (Wildman–Crippen MR) is 30.1 cm³/mol. The van der Waals surface area contributed by atoms with Crippen LogP contribution in [0.1, 0.15) is 20.3 Å². The molecule has 0 aromatic rings. The molecule has 0 heterocycles. The van der Waals surface area contributed by atoms with Crippen LogP contribution in [-0.2, 0) is 32.7 Å². The van der Waals surface area contributed by atoms with E-state index in [-0.39, 0.29) is 32.7 Å². The summed E-state index contributed by atoms with van der Waals surface area (Å²) in [5.41, 5.74) is 6.06. The summed E-state index contributed by atoms with van der Waals surface area (Å²) < 4.78 is 0. The van der Waals surface area contributed by atoms with Crippen LogP contribution >= 0.6 is 0 Å². The molecule has 1 radical (unpaired) electrons. The zero-order valence-electron chi connectivity index (χ0n) is 5.44. The van der Waals surface area contributed by atoms with Crippen molar-refractivity contribution in [1.29, 1.82) is 0 Å². The summed E-state index contributed by atoms with van der Waals surface area (Å²) in [6.45, 7) is 3.73. The molecule has 0 aliphatic heterocycles. The molecule has 0 spiro atoms. The number of aliphatic hydroxyl groups is 1. The summed E-state index contributed by atoms with van der Waals surface area (Å²) >= 11 is 0. The van der Waals surface area contributed by atoms with Gasteiger partial charge in [-0.15, -0.1) is 6.54 Å². The summed E-state index contributed by atoms with van der Waals surface area (Å²) in [5.74, 6) is 0. The Kier molecular flexibility index (Phi) is 7.16. The molecule has 0 saturated heterocycles. The van der Waals surface area contributed by atoms with E-state index in [0.29, 0.717) is 13.0 Å². The van der Waals surface area contributed by atoms with Crippen molar-refractivity contribution in [2.45, 2.75) is 25.9 Å². The van der Waals surface area contributed by atoms with Crippen LogP contribution in [0.2, 0.25) is 0 Å². The molecule has 0 atom stereocenters. The molecule has 0 fully saturated rings. The number of hydrogen-bond acceptors (Lipinski definition) is 1. The Morgan fingerprint density at radius 3 is 1.88 bits per heavy atom. The first-order chi connectivity index (χ1) is 3.06. The Morgan fingerprint density at radius 1 is 1.50 bits per heavy atom. The molecule has 2 nitrogen and oxygen atoms in total. The van der Waals surface area contributed by atoms with Crippen LogP contribution in [0.4, 0.5) is 0 Å². The summed E-state index contributed by atoms with van der Waals surface area (Å²) in [7, 11) is 0. The molecular formula is C5H12NOY-. The van der Waals surface area contributed by atoms with Gasteiger partial charge in [-0.05, 0) is 20.3 Å². The fraction of sp³-hybridized carbons (Fsp3) is 1.00. The zero-order chi connectivity index (χ0) is 5.91. The molecule has 0 aliphatic carbocycles. The van der Waals surface area contributed by atoms with Gasteiger partial charge in [0.25, 0.3) is 0 Å². The van der Waals surface area contributed by atoms with Crippen molar-refractivity contribution in [2.24, 2.45) is 0 Å². The van der Waals surface area contributed by atoms with Gasteiger partial charge in [0.1, 0.15) is 0 Å². The number of hydrogen-bond donors (Lipinski definition) is 1. The smallest absolute Gasteiger partial charge is 0.0575 e. The van der Waals surface area contributed by atoms with Crippen molar-refractivity contribution in [1.82, 2.24) is 0 Å². The minimum Gasteiger partial charge on any atom is -0.677 e. The third kappa shape index (κ3) is 10.1. The average molecular weight is 191 g/mol. The van der Waals surface area contributed by atoms with Gasteiger partial charge in [-0.3, -0.25) is 0 Å². The monoisotopic (exact) mass is 191 g/mol. The van der Waals surface area contributed by atoms with Crippen LogP contribution in [0.3, 0.4) is 0 Å². The topological polar surface area (TPSA) is 44.0 Å². The van der Waals surface area contributed by atoms with Crippen LogP contribution in [-0.4, -0.2) is 17.3 Å². The summed E-state index contributed by atoms with van der Waals surface area (Å²) in [5, 5.41) is 8.90. The molecule has 0 amide bonds. The molecule has 0 unspecified atom stereocenters. The molecule has 0 aromatic heterocycles. The van der Waals surface area contributed by atoms with Crippen LogP contribution < -0.4 is 0 Å². The summed E-state index contributed by atoms with van der Waals surface area (Å²) in [6.07, 6.45) is 0.562. The Labute approximate surface area is 75.7 Å². The van der Waals surface area contributed by atoms with E-state index in [2.05, 4.69) is 0 Å². The van der Waals surface area contributed by atoms with Gasteiger partial charge in [-0.1, -0.05) is 0 Å². The standard InChI is InChI=1S/C5H12NO.Y/c1-5(2,7)3-4-6;/h6-7H,3-4H2,1-2H3;/q-1;. The molecule has 3 heteroatoms. The quantitative estimate of drug-likeness (QED) is 0.700. The second-order valence-electron chi connectivity index (χ2n) is 2.31. The Bertz CT molecular complexity index is 50.9. The third-order valence-corrected chi connectivity index (χ3v) is 0.737. The van der Waals surface area contributed by atoms with Gasteiger partial charge in [0.05, 0.1) is 5.60 Å². The van der Waals surface area contributed by atoms with Crippen LogP contribution in [0.15, 0.2) is 0 Å². The van der Waals surface area contributed by atoms with Crippen LogP contribution in [0, 0.1) is 0 Å². The predicted octanol–water partition coefficient (Wildman–Crippen LogP) is 1.20. The Hall–Kier alpha value is 1.02. The fourth-order valence-electron chi connectivity index (χ4n) is 0.306. The van der Waals surface area contributed by atoms with E-state index in [1.165, 1.54) is 0 Å². The van der Waals surface area contributed by atoms with Crippen molar-refractivity contribution in [3.8, 4) is 0 Å². The Balaban J connectivity index is 0. The maximum absolute atomic E-state index is 8.90. The zero-order valence-corrected chi connectivity index (χ0v) is 8.28. The van der Waals surface area contributed by atoms with Crippen LogP contribution in [0.5, 0.6) is 0 Å². The molecule has 0 rings (SSSR count). The molecule has 0 aromatic carbocycles. The van der Waals surface area contributed by atoms with Crippen LogP contribution in [0.25, 0.3) is 5.73 Å². The van der Waals surface area contributed by atoms with Crippen molar-refractivity contribution < 1.29 is 37.8 Å². The normalized spacial score (nSPS) is 10.5. The van der Waals surface area contributed by atoms with Gasteiger partial charge < -0.3 is 10.8 Å². The first-order valence-electron chi connectivity index (χ1n) is 2.43. The van der Waals surface area contributed by atoms with E-state index in [1.54, 1.807) is 13.8 Å². The molecular weight excluding hydrogens is 179 g/mol. The van der Waals surface area contributed by atoms with Crippen molar-refractivity contribution >= 4 is 0 Å². The summed E-state index contributed by atoms with van der Waals surface area (Å²) in [6, 6.07) is 0. The Morgan fingerprint density at radius 2 is 1.88 bits per heavy atom. The van der Waals surface area contributed by atoms with E-state index < -0.39 is 5.60 Å². The molecule has 8 heavy (non-hydrogen) atoms. The minimum atomic E-state index is -0.637. The van der Waals surface area contributed by atoms with E-state index in [0.717, 1.165) is 0 Å². The fourth-order valence-corrected chi connectivity index (χ4v) is 0.306. The van der Waals surface area contributed by atoms with Gasteiger partial charge in [-0.2, -0.15) is 0 Å². The molecule has 47 valence electrons. The van der Waals surface area contributed by atoms with Gasteiger partial charge in [0, 0.05) is 32.7 Å². The second-order valence-corrected chi connectivity index (χ2v) is 2.31. The SMILES string of the molecule is CC(C)(O)CC[NH-].[Y]. The first kappa shape index (κ1) is 11.8. The largest absolute Gasteiger partial charge is 0.677 e. The molecule has 0 aliphatic rings. The number of rotatable bonds is 2. The molecule has 2 N–H and O–H groups in total. The maximum Gasteiger partial charge on any atom is 0.0575 e. The van der Waals surface area contributed by atoms with E-state index in [4.69, 9.17) is 10.8 Å². The van der Waals surface area contributed by atoms with Gasteiger partial charge in [0.2, 0.25) is 0 Å². The van der Waals surface area contributed by atoms with Gasteiger partial charge in [-0.25, -0.2) is 0 Å². The second kappa shape index (κ2) is 4.86. The number of nitrogens with one attached hydrogen (secondary N) is 1. The van der Waals surface area contributed by atoms with Crippen molar-refractivity contribution in [2.75, 3.05) is 6.54 Å². The van der Waals surface area contributed by atoms with E-state index in [9.17, 15) is 0 Å². The third-order valence-electron chi connectivity index (χ3n) is 0.737. The van der Waals surface area contributed by atoms with E-state index in [1.807, 2.05) is 0 Å². The first-order valence-corrected chi connectivity index (χ1v) is 2.43.